The van der Waals surface area contributed by atoms with E-state index in [2.05, 4.69) is 0 Å². The molecule has 0 radical (unpaired) electrons. The van der Waals surface area contributed by atoms with Crippen LogP contribution in [-0.2, 0) is 9.59 Å². The topological polar surface area (TPSA) is 74.6 Å². The highest BCUT2D eigenvalue weighted by Crippen LogP contribution is 2.09. The smallest absolute Gasteiger partial charge is 0.197 e. The summed E-state index contributed by atoms with van der Waals surface area (Å²) in [6, 6.07) is 0. The maximum Gasteiger partial charge on any atom is 0.197 e. The molecule has 0 atom stereocenters. The fraction of sp³-hybridized carbons (Fsp3) is 0.400. The Morgan fingerprint density at radius 1 is 0.857 bits per heavy atom. The first-order valence-corrected chi connectivity index (χ1v) is 4.46. The van der Waals surface area contributed by atoms with Crippen molar-refractivity contribution in [2.24, 2.45) is 0 Å². The molecule has 4 heteroatoms. The molecule has 0 unspecified atom stereocenters. The van der Waals surface area contributed by atoms with E-state index in [1.165, 1.54) is 0 Å². The number of carbonyl (C=O) groups excluding carboxylic acids is 2. The zero-order valence-corrected chi connectivity index (χ0v) is 7.69. The van der Waals surface area contributed by atoms with Gasteiger partial charge in [-0.15, -0.1) is 0 Å². The molecule has 2 aliphatic rings. The molecule has 0 aromatic heterocycles. The molecule has 0 aromatic carbocycles. The summed E-state index contributed by atoms with van der Waals surface area (Å²) in [6.07, 6.45) is 5.50. The van der Waals surface area contributed by atoms with E-state index >= 15 is 0 Å². The molecular weight excluding hydrogens is 184 g/mol. The highest BCUT2D eigenvalue weighted by atomic mass is 16.3. The molecule has 14 heavy (non-hydrogen) atoms. The Morgan fingerprint density at radius 2 is 1.21 bits per heavy atom. The fourth-order valence-corrected chi connectivity index (χ4v) is 1.16. The first-order chi connectivity index (χ1) is 6.61. The Bertz CT molecular complexity index is 280. The third kappa shape index (κ3) is 2.73. The molecule has 76 valence electrons. The van der Waals surface area contributed by atoms with Gasteiger partial charge in [0, 0.05) is 12.8 Å². The molecule has 4 nitrogen and oxygen atoms in total. The molecule has 0 aromatic rings. The molecule has 2 rings (SSSR count). The average Bonchev–Trinajstić information content (AvgIpc) is 2.67. The predicted molar refractivity (Wildman–Crippen MR) is 49.9 cm³/mol. The zero-order chi connectivity index (χ0) is 10.6. The minimum Gasteiger partial charge on any atom is -0.505 e. The number of hydrogen-bond acceptors (Lipinski definition) is 4. The van der Waals surface area contributed by atoms with Crippen molar-refractivity contribution >= 4 is 11.6 Å². The van der Waals surface area contributed by atoms with E-state index in [9.17, 15) is 9.59 Å². The van der Waals surface area contributed by atoms with Gasteiger partial charge in [-0.3, -0.25) is 9.59 Å². The lowest BCUT2D eigenvalue weighted by molar-refractivity contribution is -0.117. The number of carbonyl (C=O) groups is 2. The molecule has 0 saturated carbocycles. The van der Waals surface area contributed by atoms with Crippen LogP contribution in [-0.4, -0.2) is 21.8 Å². The maximum absolute atomic E-state index is 10.3. The molecule has 0 bridgehead atoms. The van der Waals surface area contributed by atoms with Gasteiger partial charge in [-0.1, -0.05) is 0 Å². The van der Waals surface area contributed by atoms with E-state index in [1.807, 2.05) is 0 Å². The standard InChI is InChI=1S/2C5H6O2/c2*6-4-2-1-3-5(4)7/h2*2,6H,1,3H2. The number of Topliss-reactive ketones (excluding diaryl/α,β-unsaturated/α-hetero) is 2. The number of rotatable bonds is 0. The van der Waals surface area contributed by atoms with Gasteiger partial charge in [0.25, 0.3) is 0 Å². The molecule has 0 saturated heterocycles. The number of allylic oxidation sites excluding steroid dienone is 4. The number of ketones is 2. The van der Waals surface area contributed by atoms with Gasteiger partial charge in [0.15, 0.2) is 23.1 Å². The summed E-state index contributed by atoms with van der Waals surface area (Å²) in [5, 5.41) is 17.0. The first-order valence-electron chi connectivity index (χ1n) is 4.46. The lowest BCUT2D eigenvalue weighted by Gasteiger charge is -1.81. The summed E-state index contributed by atoms with van der Waals surface area (Å²) < 4.78 is 0. The van der Waals surface area contributed by atoms with Crippen LogP contribution in [0.15, 0.2) is 23.7 Å². The second-order valence-electron chi connectivity index (χ2n) is 3.10. The van der Waals surface area contributed by atoms with Crippen LogP contribution in [0.5, 0.6) is 0 Å². The quantitative estimate of drug-likeness (QED) is 0.616. The molecule has 0 spiro atoms. The third-order valence-electron chi connectivity index (χ3n) is 1.99. The summed E-state index contributed by atoms with van der Waals surface area (Å²) in [6.45, 7) is 0. The first kappa shape index (κ1) is 10.5. The van der Waals surface area contributed by atoms with Crippen molar-refractivity contribution in [1.82, 2.24) is 0 Å². The SMILES string of the molecule is O=C1CCC=C1O.O=C1CCC=C1O. The summed E-state index contributed by atoms with van der Waals surface area (Å²) >= 11 is 0. The van der Waals surface area contributed by atoms with Gasteiger partial charge in [0.2, 0.25) is 0 Å². The van der Waals surface area contributed by atoms with E-state index in [0.717, 1.165) is 0 Å². The summed E-state index contributed by atoms with van der Waals surface area (Å²) in [5.41, 5.74) is 0. The Kier molecular flexibility index (Phi) is 3.45. The van der Waals surface area contributed by atoms with Gasteiger partial charge in [-0.25, -0.2) is 0 Å². The van der Waals surface area contributed by atoms with Gasteiger partial charge in [0.1, 0.15) is 0 Å². The van der Waals surface area contributed by atoms with Gasteiger partial charge < -0.3 is 10.2 Å². The van der Waals surface area contributed by atoms with Gasteiger partial charge in [-0.05, 0) is 25.0 Å². The molecule has 0 aliphatic heterocycles. The van der Waals surface area contributed by atoms with E-state index in [4.69, 9.17) is 10.2 Å². The number of aliphatic hydroxyl groups excluding tert-OH is 2. The van der Waals surface area contributed by atoms with Gasteiger partial charge in [0.05, 0.1) is 0 Å². The van der Waals surface area contributed by atoms with Crippen LogP contribution in [0, 0.1) is 0 Å². The van der Waals surface area contributed by atoms with Crippen molar-refractivity contribution in [2.75, 3.05) is 0 Å². The number of aliphatic hydroxyl groups is 2. The molecule has 2 aliphatic carbocycles. The van der Waals surface area contributed by atoms with E-state index in [-0.39, 0.29) is 23.1 Å². The highest BCUT2D eigenvalue weighted by Gasteiger charge is 2.12. The second-order valence-corrected chi connectivity index (χ2v) is 3.10. The predicted octanol–water partition coefficient (Wildman–Crippen LogP) is 1.58. The minimum absolute atomic E-state index is 0.0556. The Morgan fingerprint density at radius 3 is 1.29 bits per heavy atom. The van der Waals surface area contributed by atoms with Crippen molar-refractivity contribution in [1.29, 1.82) is 0 Å². The largest absolute Gasteiger partial charge is 0.505 e. The van der Waals surface area contributed by atoms with Crippen molar-refractivity contribution in [3.63, 3.8) is 0 Å². The molecule has 0 heterocycles. The normalized spacial score (nSPS) is 20.0. The number of hydrogen-bond donors (Lipinski definition) is 2. The Hall–Kier alpha value is -1.58. The van der Waals surface area contributed by atoms with Crippen LogP contribution < -0.4 is 0 Å². The average molecular weight is 196 g/mol. The van der Waals surface area contributed by atoms with E-state index < -0.39 is 0 Å². The Labute approximate surface area is 81.6 Å². The molecule has 2 N–H and O–H groups in total. The van der Waals surface area contributed by atoms with Crippen molar-refractivity contribution in [3.05, 3.63) is 23.7 Å². The van der Waals surface area contributed by atoms with Crippen molar-refractivity contribution < 1.29 is 19.8 Å². The Balaban J connectivity index is 0.000000140. The lowest BCUT2D eigenvalue weighted by atomic mass is 10.3. The van der Waals surface area contributed by atoms with E-state index in [1.54, 1.807) is 12.2 Å². The van der Waals surface area contributed by atoms with Gasteiger partial charge >= 0.3 is 0 Å². The minimum atomic E-state index is -0.125. The fourth-order valence-electron chi connectivity index (χ4n) is 1.16. The summed E-state index contributed by atoms with van der Waals surface area (Å²) in [4.78, 5) is 20.5. The second kappa shape index (κ2) is 4.60. The maximum atomic E-state index is 10.3. The lowest BCUT2D eigenvalue weighted by Crippen LogP contribution is -1.91. The van der Waals surface area contributed by atoms with Crippen LogP contribution >= 0.6 is 0 Å². The molecule has 0 amide bonds. The summed E-state index contributed by atoms with van der Waals surface area (Å²) in [5.74, 6) is -0.361. The van der Waals surface area contributed by atoms with Crippen LogP contribution in [0.2, 0.25) is 0 Å². The molecular formula is C10H12O4. The van der Waals surface area contributed by atoms with Crippen molar-refractivity contribution in [3.8, 4) is 0 Å². The highest BCUT2D eigenvalue weighted by molar-refractivity contribution is 5.95. The van der Waals surface area contributed by atoms with E-state index in [0.29, 0.717) is 25.7 Å². The zero-order valence-electron chi connectivity index (χ0n) is 7.69. The molecule has 0 fully saturated rings. The summed E-state index contributed by atoms with van der Waals surface area (Å²) in [7, 11) is 0. The van der Waals surface area contributed by atoms with Crippen LogP contribution in [0.1, 0.15) is 25.7 Å². The van der Waals surface area contributed by atoms with Gasteiger partial charge in [-0.2, -0.15) is 0 Å². The monoisotopic (exact) mass is 196 g/mol. The third-order valence-corrected chi connectivity index (χ3v) is 1.99. The van der Waals surface area contributed by atoms with Crippen LogP contribution in [0.3, 0.4) is 0 Å². The van der Waals surface area contributed by atoms with Crippen molar-refractivity contribution in [2.45, 2.75) is 25.7 Å². The van der Waals surface area contributed by atoms with Crippen LogP contribution in [0.4, 0.5) is 0 Å². The van der Waals surface area contributed by atoms with Crippen LogP contribution in [0.25, 0.3) is 0 Å².